The normalized spacial score (nSPS) is 23.5. The van der Waals surface area contributed by atoms with Crippen molar-refractivity contribution in [1.82, 2.24) is 0 Å². The summed E-state index contributed by atoms with van der Waals surface area (Å²) in [6, 6.07) is 0. The zero-order valence-electron chi connectivity index (χ0n) is 16.3. The van der Waals surface area contributed by atoms with Crippen molar-refractivity contribution in [3.8, 4) is 0 Å². The predicted molar refractivity (Wildman–Crippen MR) is 106 cm³/mol. The number of nitrogens with zero attached hydrogens (tertiary/aromatic N) is 2. The van der Waals surface area contributed by atoms with E-state index < -0.39 is 0 Å². The summed E-state index contributed by atoms with van der Waals surface area (Å²) in [7, 11) is 0. The lowest BCUT2D eigenvalue weighted by Gasteiger charge is -2.37. The Labute approximate surface area is 150 Å². The van der Waals surface area contributed by atoms with Crippen LogP contribution >= 0.6 is 0 Å². The molecular weight excluding hydrogens is 296 g/mol. The summed E-state index contributed by atoms with van der Waals surface area (Å²) in [5.41, 5.74) is 0. The van der Waals surface area contributed by atoms with Crippen molar-refractivity contribution in [3.05, 3.63) is 12.2 Å². The number of hydrogen-bond donors (Lipinski definition) is 1. The molecule has 0 aliphatic carbocycles. The monoisotopic (exact) mass is 337 g/mol. The third-order valence-electron chi connectivity index (χ3n) is 5.50. The van der Waals surface area contributed by atoms with Gasteiger partial charge in [0, 0.05) is 6.42 Å². The van der Waals surface area contributed by atoms with Gasteiger partial charge >= 0.3 is 0 Å². The second-order valence-electron chi connectivity index (χ2n) is 7.29. The van der Waals surface area contributed by atoms with Crippen LogP contribution in [-0.4, -0.2) is 48.2 Å². The van der Waals surface area contributed by atoms with E-state index in [1.165, 1.54) is 70.6 Å². The van der Waals surface area contributed by atoms with E-state index in [2.05, 4.69) is 32.2 Å². The Kier molecular flexibility index (Phi) is 12.1. The molecule has 3 nitrogen and oxygen atoms in total. The maximum Gasteiger partial charge on any atom is 0.182 e. The number of rotatable bonds is 15. The first-order valence-corrected chi connectivity index (χ1v) is 10.4. The summed E-state index contributed by atoms with van der Waals surface area (Å²) in [6.07, 6.45) is 21.6. The highest BCUT2D eigenvalue weighted by Gasteiger charge is 2.36. The SMILES string of the molecule is CCCCC/C=C/CCCCCCCC1N=CC[N+]1(CC)CCO. The van der Waals surface area contributed by atoms with Gasteiger partial charge in [-0.3, -0.25) is 4.48 Å². The van der Waals surface area contributed by atoms with Crippen LogP contribution in [0.5, 0.6) is 0 Å². The average molecular weight is 338 g/mol. The second-order valence-corrected chi connectivity index (χ2v) is 7.29. The Hall–Kier alpha value is -0.670. The molecule has 0 aromatic heterocycles. The molecule has 1 N–H and O–H groups in total. The Morgan fingerprint density at radius 1 is 1.00 bits per heavy atom. The van der Waals surface area contributed by atoms with Crippen molar-refractivity contribution in [2.75, 3.05) is 26.2 Å². The van der Waals surface area contributed by atoms with Gasteiger partial charge in [-0.05, 0) is 39.0 Å². The van der Waals surface area contributed by atoms with Crippen molar-refractivity contribution in [1.29, 1.82) is 0 Å². The molecule has 2 atom stereocenters. The lowest BCUT2D eigenvalue weighted by atomic mass is 10.1. The first kappa shape index (κ1) is 21.4. The van der Waals surface area contributed by atoms with Crippen LogP contribution in [0.25, 0.3) is 0 Å². The minimum absolute atomic E-state index is 0.277. The number of allylic oxidation sites excluding steroid dienone is 2. The van der Waals surface area contributed by atoms with Gasteiger partial charge in [0.25, 0.3) is 0 Å². The minimum atomic E-state index is 0.277. The summed E-state index contributed by atoms with van der Waals surface area (Å²) in [4.78, 5) is 4.69. The van der Waals surface area contributed by atoms with Gasteiger partial charge < -0.3 is 5.11 Å². The zero-order valence-corrected chi connectivity index (χ0v) is 16.3. The van der Waals surface area contributed by atoms with Gasteiger partial charge in [-0.25, -0.2) is 4.99 Å². The molecule has 0 bridgehead atoms. The molecule has 1 aliphatic rings. The molecule has 0 radical (unpaired) electrons. The molecule has 2 unspecified atom stereocenters. The van der Waals surface area contributed by atoms with E-state index in [-0.39, 0.29) is 6.61 Å². The van der Waals surface area contributed by atoms with Gasteiger partial charge in [-0.2, -0.15) is 0 Å². The van der Waals surface area contributed by atoms with Gasteiger partial charge in [-0.1, -0.05) is 51.2 Å². The van der Waals surface area contributed by atoms with Crippen molar-refractivity contribution in [3.63, 3.8) is 0 Å². The molecule has 1 heterocycles. The van der Waals surface area contributed by atoms with Crippen LogP contribution in [-0.2, 0) is 0 Å². The first-order chi connectivity index (χ1) is 11.8. The molecule has 0 saturated carbocycles. The first-order valence-electron chi connectivity index (χ1n) is 10.4. The molecule has 3 heteroatoms. The molecule has 1 rings (SSSR count). The summed E-state index contributed by atoms with van der Waals surface area (Å²) >= 11 is 0. The van der Waals surface area contributed by atoms with Gasteiger partial charge in [0.15, 0.2) is 6.17 Å². The molecule has 24 heavy (non-hydrogen) atoms. The van der Waals surface area contributed by atoms with Gasteiger partial charge in [0.2, 0.25) is 0 Å². The summed E-state index contributed by atoms with van der Waals surface area (Å²) in [6.45, 7) is 7.71. The fraction of sp³-hybridized carbons (Fsp3) is 0.857. The largest absolute Gasteiger partial charge is 0.391 e. The summed E-state index contributed by atoms with van der Waals surface area (Å²) < 4.78 is 0.972. The Morgan fingerprint density at radius 3 is 2.33 bits per heavy atom. The zero-order chi connectivity index (χ0) is 17.5. The van der Waals surface area contributed by atoms with Crippen LogP contribution < -0.4 is 0 Å². The van der Waals surface area contributed by atoms with Gasteiger partial charge in [0.1, 0.15) is 13.1 Å². The number of quaternary nitrogens is 1. The molecule has 0 saturated heterocycles. The van der Waals surface area contributed by atoms with Crippen LogP contribution in [0, 0.1) is 0 Å². The van der Waals surface area contributed by atoms with E-state index in [4.69, 9.17) is 4.99 Å². The molecule has 0 aromatic carbocycles. The Morgan fingerprint density at radius 2 is 1.67 bits per heavy atom. The number of aliphatic hydroxyl groups is 1. The molecule has 0 spiro atoms. The van der Waals surface area contributed by atoms with Crippen LogP contribution in [0.3, 0.4) is 0 Å². The number of aliphatic imine (C=N–C) groups is 1. The maximum atomic E-state index is 9.34. The summed E-state index contributed by atoms with van der Waals surface area (Å²) in [5, 5.41) is 9.34. The number of unbranched alkanes of at least 4 members (excludes halogenated alkanes) is 8. The van der Waals surface area contributed by atoms with Crippen molar-refractivity contribution in [2.24, 2.45) is 4.99 Å². The second kappa shape index (κ2) is 13.6. The van der Waals surface area contributed by atoms with E-state index in [1.807, 2.05) is 0 Å². The van der Waals surface area contributed by atoms with E-state index >= 15 is 0 Å². The lowest BCUT2D eigenvalue weighted by Crippen LogP contribution is -2.53. The van der Waals surface area contributed by atoms with Crippen molar-refractivity contribution >= 4 is 6.21 Å². The highest BCUT2D eigenvalue weighted by molar-refractivity contribution is 5.60. The molecule has 140 valence electrons. The summed E-state index contributed by atoms with van der Waals surface area (Å²) in [5.74, 6) is 0. The molecular formula is C21H41N2O+. The topological polar surface area (TPSA) is 32.6 Å². The van der Waals surface area contributed by atoms with Gasteiger partial charge in [-0.15, -0.1) is 0 Å². The number of likely N-dealkylation sites (N-methyl/N-ethyl adjacent to an activating group) is 1. The Balaban J connectivity index is 2.01. The van der Waals surface area contributed by atoms with Crippen LogP contribution in [0.1, 0.15) is 84.5 Å². The maximum absolute atomic E-state index is 9.34. The van der Waals surface area contributed by atoms with E-state index in [0.717, 1.165) is 24.1 Å². The fourth-order valence-electron chi connectivity index (χ4n) is 3.75. The van der Waals surface area contributed by atoms with E-state index in [9.17, 15) is 5.11 Å². The van der Waals surface area contributed by atoms with Gasteiger partial charge in [0.05, 0.1) is 19.4 Å². The fourth-order valence-corrected chi connectivity index (χ4v) is 3.75. The third-order valence-corrected chi connectivity index (χ3v) is 5.50. The van der Waals surface area contributed by atoms with Crippen LogP contribution in [0.4, 0.5) is 0 Å². The molecule has 0 aromatic rings. The molecule has 0 amide bonds. The quantitative estimate of drug-likeness (QED) is 0.252. The number of hydrogen-bond acceptors (Lipinski definition) is 2. The van der Waals surface area contributed by atoms with E-state index in [0.29, 0.717) is 6.17 Å². The Bertz CT molecular complexity index is 354. The third kappa shape index (κ3) is 7.94. The van der Waals surface area contributed by atoms with Crippen molar-refractivity contribution in [2.45, 2.75) is 90.6 Å². The molecule has 0 fully saturated rings. The smallest absolute Gasteiger partial charge is 0.182 e. The number of aliphatic hydroxyl groups excluding tert-OH is 1. The lowest BCUT2D eigenvalue weighted by molar-refractivity contribution is -0.936. The van der Waals surface area contributed by atoms with E-state index in [1.54, 1.807) is 0 Å². The van der Waals surface area contributed by atoms with Crippen LogP contribution in [0.2, 0.25) is 0 Å². The predicted octanol–water partition coefficient (Wildman–Crippen LogP) is 5.09. The van der Waals surface area contributed by atoms with Crippen molar-refractivity contribution < 1.29 is 9.59 Å². The minimum Gasteiger partial charge on any atom is -0.391 e. The highest BCUT2D eigenvalue weighted by atomic mass is 16.3. The average Bonchev–Trinajstić information content (AvgIpc) is 2.99. The van der Waals surface area contributed by atoms with Crippen LogP contribution in [0.15, 0.2) is 17.1 Å². The standard InChI is InChI=1S/C21H41N2O/c1-3-5-6-7-8-9-10-11-12-13-14-15-16-21-22-17-18-23(21,4-2)19-20-24/h8-9,17,21,24H,3-7,10-16,18-20H2,1-2H3/q+1/b9-8+. The molecule has 1 aliphatic heterocycles. The highest BCUT2D eigenvalue weighted by Crippen LogP contribution is 2.24.